The number of anilines is 1. The Balaban J connectivity index is 1.26. The maximum absolute atomic E-state index is 15.5. The summed E-state index contributed by atoms with van der Waals surface area (Å²) >= 11 is 6.58. The zero-order valence-corrected chi connectivity index (χ0v) is 33.9. The molecule has 0 saturated heterocycles. The number of carbonyl (C=O) groups is 1. The van der Waals surface area contributed by atoms with Crippen LogP contribution in [0.4, 0.5) is 40.9 Å². The molecule has 23 heteroatoms. The largest absolute Gasteiger partial charge is 0.344 e. The molecule has 0 unspecified atom stereocenters. The Kier molecular flexibility index (Phi) is 9.88. The van der Waals surface area contributed by atoms with Crippen LogP contribution in [0.1, 0.15) is 53.1 Å². The van der Waals surface area contributed by atoms with Gasteiger partial charge in [-0.2, -0.15) is 19.0 Å². The highest BCUT2D eigenvalue weighted by Crippen LogP contribution is 2.68. The van der Waals surface area contributed by atoms with Gasteiger partial charge in [0.05, 0.1) is 45.0 Å². The van der Waals surface area contributed by atoms with E-state index < -0.39 is 105 Å². The summed E-state index contributed by atoms with van der Waals surface area (Å²) in [6.07, 6.45) is -3.01. The quantitative estimate of drug-likeness (QED) is 0.128. The average Bonchev–Trinajstić information content (AvgIpc) is 3.72. The zero-order valence-electron chi connectivity index (χ0n) is 32.3. The number of sulfonamides is 1. The van der Waals surface area contributed by atoms with Crippen LogP contribution in [-0.4, -0.2) is 54.7 Å². The summed E-state index contributed by atoms with van der Waals surface area (Å²) in [7, 11) is -2.57. The smallest absolute Gasteiger partial charge is 0.293 e. The summed E-state index contributed by atoms with van der Waals surface area (Å²) in [5.74, 6) is -11.5. The van der Waals surface area contributed by atoms with Gasteiger partial charge in [0.1, 0.15) is 47.0 Å². The molecule has 0 spiro atoms. The molecule has 9 rings (SSSR count). The summed E-state index contributed by atoms with van der Waals surface area (Å²) in [4.78, 5) is 38.0. The van der Waals surface area contributed by atoms with Crippen molar-refractivity contribution in [2.24, 2.45) is 13.0 Å². The number of carbonyl (C=O) groups excluding carboxylic acids is 1. The molecule has 1 fully saturated rings. The molecule has 63 heavy (non-hydrogen) atoms. The summed E-state index contributed by atoms with van der Waals surface area (Å²) in [6.45, 7) is -1.06. The van der Waals surface area contributed by atoms with E-state index in [1.165, 1.54) is 36.0 Å². The lowest BCUT2D eigenvalue weighted by atomic mass is 10.0. The van der Waals surface area contributed by atoms with E-state index in [-0.39, 0.29) is 67.3 Å². The maximum Gasteiger partial charge on any atom is 0.293 e. The van der Waals surface area contributed by atoms with Crippen molar-refractivity contribution in [2.75, 3.05) is 11.0 Å². The number of aromatic nitrogens is 7. The summed E-state index contributed by atoms with van der Waals surface area (Å²) in [6, 6.07) is 8.51. The Bertz CT molecular complexity index is 3250. The van der Waals surface area contributed by atoms with E-state index in [4.69, 9.17) is 11.6 Å². The van der Waals surface area contributed by atoms with Crippen LogP contribution in [0.25, 0.3) is 38.9 Å². The molecule has 3 atom stereocenters. The van der Waals surface area contributed by atoms with Crippen LogP contribution in [0, 0.1) is 29.2 Å². The van der Waals surface area contributed by atoms with Gasteiger partial charge in [-0.25, -0.2) is 44.7 Å². The number of nitrogens with one attached hydrogen (secondary N) is 2. The molecule has 4 aromatic heterocycles. The number of fused-ring (bicyclic) bond motifs is 5. The highest BCUT2D eigenvalue weighted by Gasteiger charge is 2.67. The molecule has 1 amide bonds. The molecule has 0 aliphatic heterocycles. The van der Waals surface area contributed by atoms with Crippen molar-refractivity contribution in [3.8, 4) is 16.9 Å². The molecular formula is C40H28ClF8N9O4S. The third kappa shape index (κ3) is 7.33. The fourth-order valence-electron chi connectivity index (χ4n) is 8.31. The highest BCUT2D eigenvalue weighted by atomic mass is 35.5. The number of benzene rings is 3. The Labute approximate surface area is 354 Å². The second-order valence-corrected chi connectivity index (χ2v) is 17.4. The Morgan fingerprint density at radius 1 is 0.968 bits per heavy atom. The molecule has 0 radical (unpaired) electrons. The van der Waals surface area contributed by atoms with E-state index >= 15 is 13.2 Å². The average molecular weight is 918 g/mol. The maximum atomic E-state index is 15.5. The summed E-state index contributed by atoms with van der Waals surface area (Å²) < 4.78 is 147. The number of nitrogens with zero attached hydrogens (tertiary/aromatic N) is 7. The van der Waals surface area contributed by atoms with Gasteiger partial charge in [0.2, 0.25) is 15.9 Å². The monoisotopic (exact) mass is 917 g/mol. The van der Waals surface area contributed by atoms with Gasteiger partial charge < -0.3 is 5.32 Å². The van der Waals surface area contributed by atoms with Crippen molar-refractivity contribution >= 4 is 55.3 Å². The topological polar surface area (TPSA) is 159 Å². The minimum absolute atomic E-state index is 0.00516. The van der Waals surface area contributed by atoms with Gasteiger partial charge in [-0.1, -0.05) is 11.6 Å². The minimum Gasteiger partial charge on any atom is -0.344 e. The van der Waals surface area contributed by atoms with Crippen LogP contribution in [0.15, 0.2) is 65.5 Å². The standard InChI is InChI=1S/C40H28ClF8N9O4S/c1-56-33-28(8-6-24(41)31(33)37(54-56)55-63(2,61)62)58-38(52-36-21(39(58)60)5-7-26(51-36)20-4-3-17(42)13-25(20)45)27(11-16-9-18(43)12-19(44)10-16)50-29(59)15-57-34-30(32(53-57)35(46)47)22-14-23(22)40(34,48)49/h3-10,12-13,22-23,27,35H,11,14-15H2,1-2H3,(H,50,59)(H,54,55)/t22-,23+,27-/m0/s1. The SMILES string of the molecule is Cn1nc(NS(C)(=O)=O)c2c(Cl)ccc(-n3c([C@H](Cc4cc(F)cc(F)c4)NC(=O)Cn4nc(C(F)F)c5c4C(F)(F)[C@@H]4C[C@H]54)nc4nc(-c5ccc(F)cc5F)ccc4c3=O)c21. The number of rotatable bonds is 11. The van der Waals surface area contributed by atoms with E-state index in [1.54, 1.807) is 0 Å². The molecule has 4 heterocycles. The van der Waals surface area contributed by atoms with Gasteiger partial charge in [0.15, 0.2) is 11.5 Å². The number of amides is 1. The van der Waals surface area contributed by atoms with Crippen molar-refractivity contribution in [1.29, 1.82) is 0 Å². The van der Waals surface area contributed by atoms with E-state index in [9.17, 15) is 40.0 Å². The van der Waals surface area contributed by atoms with Gasteiger partial charge in [0, 0.05) is 42.6 Å². The van der Waals surface area contributed by atoms with Crippen LogP contribution in [-0.2, 0) is 40.8 Å². The van der Waals surface area contributed by atoms with E-state index in [0.717, 1.165) is 35.1 Å². The molecule has 0 bridgehead atoms. The predicted molar refractivity (Wildman–Crippen MR) is 211 cm³/mol. The van der Waals surface area contributed by atoms with E-state index in [2.05, 4.69) is 30.2 Å². The third-order valence-corrected chi connectivity index (χ3v) is 11.8. The van der Waals surface area contributed by atoms with Gasteiger partial charge >= 0.3 is 0 Å². The fourth-order valence-corrected chi connectivity index (χ4v) is 9.04. The second kappa shape index (κ2) is 14.9. The first kappa shape index (κ1) is 41.9. The van der Waals surface area contributed by atoms with E-state index in [1.807, 2.05) is 0 Å². The van der Waals surface area contributed by atoms with E-state index in [0.29, 0.717) is 16.8 Å². The van der Waals surface area contributed by atoms with Crippen molar-refractivity contribution in [3.05, 3.63) is 128 Å². The van der Waals surface area contributed by atoms with Gasteiger partial charge in [-0.3, -0.25) is 28.2 Å². The van der Waals surface area contributed by atoms with Gasteiger partial charge in [0.25, 0.3) is 17.9 Å². The summed E-state index contributed by atoms with van der Waals surface area (Å²) in [5, 5.41) is 10.2. The molecule has 7 aromatic rings. The lowest BCUT2D eigenvalue weighted by molar-refractivity contribution is -0.123. The molecule has 2 aliphatic carbocycles. The van der Waals surface area contributed by atoms with Crippen molar-refractivity contribution < 1.29 is 48.3 Å². The number of aryl methyl sites for hydroxylation is 1. The Hall–Kier alpha value is -6.42. The summed E-state index contributed by atoms with van der Waals surface area (Å²) in [5.41, 5.74) is -3.90. The molecule has 13 nitrogen and oxygen atoms in total. The van der Waals surface area contributed by atoms with Crippen LogP contribution < -0.4 is 15.6 Å². The lowest BCUT2D eigenvalue weighted by Gasteiger charge is -2.24. The number of halogens is 9. The zero-order chi connectivity index (χ0) is 45.0. The van der Waals surface area contributed by atoms with Crippen LogP contribution >= 0.6 is 11.6 Å². The molecule has 3 aromatic carbocycles. The van der Waals surface area contributed by atoms with Crippen LogP contribution in [0.2, 0.25) is 5.02 Å². The first-order valence-corrected chi connectivity index (χ1v) is 21.0. The number of pyridine rings is 1. The molecule has 2 aliphatic rings. The first-order chi connectivity index (χ1) is 29.7. The second-order valence-electron chi connectivity index (χ2n) is 15.2. The van der Waals surface area contributed by atoms with Crippen LogP contribution in [0.5, 0.6) is 0 Å². The Morgan fingerprint density at radius 2 is 1.70 bits per heavy atom. The minimum atomic E-state index is -3.96. The number of alkyl halides is 4. The highest BCUT2D eigenvalue weighted by molar-refractivity contribution is 7.92. The number of hydrogen-bond donors (Lipinski definition) is 2. The van der Waals surface area contributed by atoms with Gasteiger partial charge in [-0.05, 0) is 66.4 Å². The third-order valence-electron chi connectivity index (χ3n) is 10.9. The van der Waals surface area contributed by atoms with Crippen molar-refractivity contribution in [1.82, 2.24) is 39.4 Å². The normalized spacial score (nSPS) is 17.0. The van der Waals surface area contributed by atoms with Crippen LogP contribution in [0.3, 0.4) is 0 Å². The number of hydrogen-bond acceptors (Lipinski definition) is 8. The fraction of sp³-hybridized carbons (Fsp3) is 0.250. The lowest BCUT2D eigenvalue weighted by Crippen LogP contribution is -2.38. The molecule has 2 N–H and O–H groups in total. The van der Waals surface area contributed by atoms with Crippen molar-refractivity contribution in [2.45, 2.75) is 43.7 Å². The molecular weight excluding hydrogens is 890 g/mol. The molecule has 326 valence electrons. The first-order valence-electron chi connectivity index (χ1n) is 18.7. The van der Waals surface area contributed by atoms with Crippen molar-refractivity contribution in [3.63, 3.8) is 0 Å². The van der Waals surface area contributed by atoms with Gasteiger partial charge in [-0.15, -0.1) is 0 Å². The predicted octanol–water partition coefficient (Wildman–Crippen LogP) is 7.36. The Morgan fingerprint density at radius 3 is 2.38 bits per heavy atom. The molecule has 1 saturated carbocycles.